The smallest absolute Gasteiger partial charge is 0.194 e. The Bertz CT molecular complexity index is 2370. The Morgan fingerprint density at radius 2 is 0.979 bits per heavy atom. The van der Waals surface area contributed by atoms with Crippen LogP contribution in [0.15, 0.2) is 133 Å². The number of aromatic nitrogens is 6. The summed E-state index contributed by atoms with van der Waals surface area (Å²) < 4.78 is 1.85. The fraction of sp³-hybridized carbons (Fsp3) is 0.0256. The summed E-state index contributed by atoms with van der Waals surface area (Å²) in [6, 6.07) is 45.7. The first-order chi connectivity index (χ1) is 23.1. The first kappa shape index (κ1) is 29.2. The average molecular weight is 737 g/mol. The van der Waals surface area contributed by atoms with Gasteiger partial charge < -0.3 is 0 Å². The largest absolute Gasteiger partial charge is 0.213 e. The standard InChI is InChI=1S/C39H25IN6S/c1-24-41-35(27-11-4-2-5-12-27)44-38(42-24)33-23-29-15-10-18-31(34(29)47-33)26-21-19-25(20-22-26)30-16-8-9-17-32(30)37-43-36(45-39(40)46-37)28-13-6-3-7-14-28/h2-23H,1H3. The van der Waals surface area contributed by atoms with Crippen molar-refractivity contribution in [3.63, 3.8) is 0 Å². The topological polar surface area (TPSA) is 77.3 Å². The molecular formula is C39H25IN6S. The van der Waals surface area contributed by atoms with Crippen molar-refractivity contribution in [3.05, 3.63) is 143 Å². The molecule has 3 heterocycles. The third-order valence-electron chi connectivity index (χ3n) is 7.86. The minimum atomic E-state index is 0.655. The van der Waals surface area contributed by atoms with Gasteiger partial charge in [0.05, 0.1) is 4.88 Å². The van der Waals surface area contributed by atoms with Gasteiger partial charge >= 0.3 is 0 Å². The van der Waals surface area contributed by atoms with Crippen molar-refractivity contribution in [1.29, 1.82) is 0 Å². The number of halogens is 1. The summed E-state index contributed by atoms with van der Waals surface area (Å²) in [6.45, 7) is 1.92. The Hall–Kier alpha value is -5.19. The molecule has 0 aliphatic heterocycles. The van der Waals surface area contributed by atoms with Gasteiger partial charge in [-0.25, -0.2) is 29.9 Å². The highest BCUT2D eigenvalue weighted by Gasteiger charge is 2.16. The highest BCUT2D eigenvalue weighted by atomic mass is 127. The molecule has 47 heavy (non-hydrogen) atoms. The molecule has 8 rings (SSSR count). The van der Waals surface area contributed by atoms with Gasteiger partial charge in [0, 0.05) is 44.0 Å². The van der Waals surface area contributed by atoms with Crippen LogP contribution in [0.4, 0.5) is 0 Å². The van der Waals surface area contributed by atoms with Crippen molar-refractivity contribution in [2.45, 2.75) is 6.92 Å². The van der Waals surface area contributed by atoms with E-state index < -0.39 is 0 Å². The molecule has 3 aromatic heterocycles. The van der Waals surface area contributed by atoms with Gasteiger partial charge in [0.15, 0.2) is 27.1 Å². The molecule has 0 bridgehead atoms. The number of benzene rings is 5. The minimum absolute atomic E-state index is 0.655. The molecule has 6 nitrogen and oxygen atoms in total. The number of hydrogen-bond donors (Lipinski definition) is 0. The van der Waals surface area contributed by atoms with E-state index in [1.54, 1.807) is 11.3 Å². The quantitative estimate of drug-likeness (QED) is 0.158. The van der Waals surface area contributed by atoms with Crippen LogP contribution in [-0.4, -0.2) is 29.9 Å². The maximum absolute atomic E-state index is 4.88. The molecule has 0 radical (unpaired) electrons. The van der Waals surface area contributed by atoms with E-state index >= 15 is 0 Å². The zero-order valence-corrected chi connectivity index (χ0v) is 28.1. The number of rotatable bonds is 6. The van der Waals surface area contributed by atoms with E-state index in [-0.39, 0.29) is 0 Å². The summed E-state index contributed by atoms with van der Waals surface area (Å²) >= 11 is 3.88. The molecule has 0 spiro atoms. The zero-order chi connectivity index (χ0) is 31.7. The average Bonchev–Trinajstić information content (AvgIpc) is 3.57. The number of thiophene rings is 1. The van der Waals surface area contributed by atoms with E-state index in [4.69, 9.17) is 19.9 Å². The molecule has 0 aliphatic carbocycles. The highest BCUT2D eigenvalue weighted by Crippen LogP contribution is 2.40. The van der Waals surface area contributed by atoms with Crippen molar-refractivity contribution in [3.8, 4) is 67.1 Å². The predicted molar refractivity (Wildman–Crippen MR) is 199 cm³/mol. The van der Waals surface area contributed by atoms with Gasteiger partial charge in [-0.05, 0) is 40.6 Å². The molecule has 0 fully saturated rings. The zero-order valence-electron chi connectivity index (χ0n) is 25.2. The minimum Gasteiger partial charge on any atom is -0.213 e. The number of nitrogens with zero attached hydrogens (tertiary/aromatic N) is 6. The maximum atomic E-state index is 4.88. The summed E-state index contributed by atoms with van der Waals surface area (Å²) in [6.07, 6.45) is 0. The third-order valence-corrected chi connectivity index (χ3v) is 9.52. The van der Waals surface area contributed by atoms with Crippen LogP contribution >= 0.6 is 33.9 Å². The van der Waals surface area contributed by atoms with E-state index in [1.165, 1.54) is 10.3 Å². The molecule has 0 saturated carbocycles. The van der Waals surface area contributed by atoms with Gasteiger partial charge in [0.2, 0.25) is 0 Å². The van der Waals surface area contributed by atoms with Gasteiger partial charge in [-0.2, -0.15) is 0 Å². The van der Waals surface area contributed by atoms with Crippen molar-refractivity contribution >= 4 is 44.0 Å². The SMILES string of the molecule is Cc1nc(-c2ccccc2)nc(-c2cc3cccc(-c4ccc(-c5ccccc5-c5nc(I)nc(-c6ccccc6)n5)cc4)c3s2)n1. The molecular weight excluding hydrogens is 711 g/mol. The van der Waals surface area contributed by atoms with Crippen molar-refractivity contribution < 1.29 is 0 Å². The van der Waals surface area contributed by atoms with Gasteiger partial charge in [-0.15, -0.1) is 11.3 Å². The van der Waals surface area contributed by atoms with Crippen molar-refractivity contribution in [2.24, 2.45) is 0 Å². The monoisotopic (exact) mass is 736 g/mol. The number of aryl methyl sites for hydroxylation is 1. The molecule has 8 aromatic rings. The van der Waals surface area contributed by atoms with Gasteiger partial charge in [-0.1, -0.05) is 127 Å². The van der Waals surface area contributed by atoms with Crippen LogP contribution in [0, 0.1) is 10.8 Å². The van der Waals surface area contributed by atoms with Crippen LogP contribution in [0.25, 0.3) is 77.2 Å². The van der Waals surface area contributed by atoms with E-state index in [9.17, 15) is 0 Å². The van der Waals surface area contributed by atoms with Crippen molar-refractivity contribution in [2.75, 3.05) is 0 Å². The van der Waals surface area contributed by atoms with Crippen LogP contribution in [0.5, 0.6) is 0 Å². The van der Waals surface area contributed by atoms with Crippen LogP contribution < -0.4 is 0 Å². The van der Waals surface area contributed by atoms with E-state index in [0.717, 1.165) is 43.6 Å². The Morgan fingerprint density at radius 1 is 0.447 bits per heavy atom. The fourth-order valence-electron chi connectivity index (χ4n) is 5.66. The molecule has 224 valence electrons. The molecule has 0 unspecified atom stereocenters. The van der Waals surface area contributed by atoms with Gasteiger partial charge in [0.1, 0.15) is 5.82 Å². The summed E-state index contributed by atoms with van der Waals surface area (Å²) in [5.74, 6) is 3.40. The Balaban J connectivity index is 1.15. The first-order valence-corrected chi connectivity index (χ1v) is 17.0. The van der Waals surface area contributed by atoms with E-state index in [1.807, 2.05) is 73.7 Å². The Kier molecular flexibility index (Phi) is 7.80. The lowest BCUT2D eigenvalue weighted by atomic mass is 9.96. The van der Waals surface area contributed by atoms with Crippen LogP contribution in [0.1, 0.15) is 5.82 Å². The molecule has 0 aliphatic rings. The summed E-state index contributed by atoms with van der Waals surface area (Å²) in [4.78, 5) is 29.4. The molecule has 0 atom stereocenters. The first-order valence-electron chi connectivity index (χ1n) is 15.1. The summed E-state index contributed by atoms with van der Waals surface area (Å²) in [7, 11) is 0. The lowest BCUT2D eigenvalue weighted by molar-refractivity contribution is 0.995. The Labute approximate surface area is 289 Å². The van der Waals surface area contributed by atoms with E-state index in [2.05, 4.69) is 99.3 Å². The Morgan fingerprint density at radius 3 is 1.68 bits per heavy atom. The normalized spacial score (nSPS) is 11.2. The van der Waals surface area contributed by atoms with Crippen LogP contribution in [0.3, 0.4) is 0 Å². The molecule has 8 heteroatoms. The number of hydrogen-bond acceptors (Lipinski definition) is 7. The highest BCUT2D eigenvalue weighted by molar-refractivity contribution is 14.1. The van der Waals surface area contributed by atoms with Gasteiger partial charge in [0.25, 0.3) is 0 Å². The van der Waals surface area contributed by atoms with Crippen LogP contribution in [-0.2, 0) is 0 Å². The molecule has 0 N–H and O–H groups in total. The van der Waals surface area contributed by atoms with Gasteiger partial charge in [-0.3, -0.25) is 0 Å². The second-order valence-corrected chi connectivity index (χ2v) is 13.0. The third kappa shape index (κ3) is 5.93. The summed E-state index contributed by atoms with van der Waals surface area (Å²) in [5.41, 5.74) is 7.37. The van der Waals surface area contributed by atoms with Crippen molar-refractivity contribution in [1.82, 2.24) is 29.9 Å². The second-order valence-electron chi connectivity index (χ2n) is 11.0. The maximum Gasteiger partial charge on any atom is 0.194 e. The number of fused-ring (bicyclic) bond motifs is 1. The lowest BCUT2D eigenvalue weighted by Gasteiger charge is -2.11. The molecule has 0 saturated heterocycles. The molecule has 0 amide bonds. The second kappa shape index (κ2) is 12.5. The lowest BCUT2D eigenvalue weighted by Crippen LogP contribution is -2.00. The molecule has 5 aromatic carbocycles. The fourth-order valence-corrected chi connectivity index (χ4v) is 7.24. The summed E-state index contributed by atoms with van der Waals surface area (Å²) in [5, 5.41) is 1.16. The van der Waals surface area contributed by atoms with E-state index in [0.29, 0.717) is 33.0 Å². The predicted octanol–water partition coefficient (Wildman–Crippen LogP) is 10.2. The van der Waals surface area contributed by atoms with Crippen LogP contribution in [0.2, 0.25) is 0 Å².